The van der Waals surface area contributed by atoms with E-state index >= 15 is 0 Å². The lowest BCUT2D eigenvalue weighted by molar-refractivity contribution is -0.122. The number of methoxy groups -OCH3 is 2. The van der Waals surface area contributed by atoms with Gasteiger partial charge < -0.3 is 9.47 Å². The first-order valence-electron chi connectivity index (χ1n) is 8.98. The van der Waals surface area contributed by atoms with E-state index in [1.807, 2.05) is 30.1 Å². The number of hydrogen-bond donors (Lipinski definition) is 0. The van der Waals surface area contributed by atoms with Crippen LogP contribution in [0.4, 0.5) is 5.69 Å². The summed E-state index contributed by atoms with van der Waals surface area (Å²) in [7, 11) is 5.06. The number of carbonyl (C=O) groups is 2. The molecule has 1 heterocycles. The predicted molar refractivity (Wildman–Crippen MR) is 108 cm³/mol. The van der Waals surface area contributed by atoms with Crippen molar-refractivity contribution in [2.24, 2.45) is 0 Å². The largest absolute Gasteiger partial charge is 0.493 e. The first-order chi connectivity index (χ1) is 13.4. The fourth-order valence-corrected chi connectivity index (χ4v) is 3.45. The van der Waals surface area contributed by atoms with Gasteiger partial charge in [0.15, 0.2) is 11.5 Å². The maximum atomic E-state index is 12.8. The Morgan fingerprint density at radius 2 is 1.75 bits per heavy atom. The van der Waals surface area contributed by atoms with Crippen molar-refractivity contribution in [1.29, 1.82) is 0 Å². The Labute approximate surface area is 169 Å². The molecule has 0 N–H and O–H groups in total. The van der Waals surface area contributed by atoms with Gasteiger partial charge in [0.25, 0.3) is 5.91 Å². The summed E-state index contributed by atoms with van der Waals surface area (Å²) in [5, 5.41) is 0.562. The lowest BCUT2D eigenvalue weighted by Gasteiger charge is -2.23. The first kappa shape index (κ1) is 20.2. The second kappa shape index (κ2) is 8.63. The molecule has 2 amide bonds. The molecule has 0 spiro atoms. The molecular formula is C21H23ClN2O4. The number of rotatable bonds is 7. The number of ether oxygens (including phenoxy) is 2. The van der Waals surface area contributed by atoms with Crippen molar-refractivity contribution in [2.45, 2.75) is 18.9 Å². The average molecular weight is 403 g/mol. The Bertz CT molecular complexity index is 869. The van der Waals surface area contributed by atoms with Crippen LogP contribution >= 0.6 is 11.6 Å². The molecule has 2 aromatic rings. The van der Waals surface area contributed by atoms with Crippen LogP contribution in [-0.4, -0.2) is 50.6 Å². The molecule has 148 valence electrons. The van der Waals surface area contributed by atoms with Gasteiger partial charge in [-0.15, -0.1) is 0 Å². The fourth-order valence-electron chi connectivity index (χ4n) is 3.32. The van der Waals surface area contributed by atoms with Crippen LogP contribution in [0.15, 0.2) is 42.5 Å². The second-order valence-electron chi connectivity index (χ2n) is 6.68. The molecule has 1 aliphatic rings. The number of carbonyl (C=O) groups excluding carboxylic acids is 2. The number of nitrogens with zero attached hydrogens (tertiary/aromatic N) is 2. The van der Waals surface area contributed by atoms with Crippen LogP contribution in [0.3, 0.4) is 0 Å². The van der Waals surface area contributed by atoms with Crippen LogP contribution in [-0.2, 0) is 16.0 Å². The van der Waals surface area contributed by atoms with E-state index in [0.717, 1.165) is 12.0 Å². The number of amides is 2. The number of hydrogen-bond acceptors (Lipinski definition) is 5. The standard InChI is InChI=1S/C21H23ClN2O4/c1-23(11-10-14-4-9-18(27-2)19(12-14)28-3)17-13-20(25)24(21(17)26)16-7-5-15(22)6-8-16/h4-9,12,17H,10-11,13H2,1-3H3/t17-/m1/s1. The maximum Gasteiger partial charge on any atom is 0.251 e. The molecule has 1 aliphatic heterocycles. The molecule has 0 unspecified atom stereocenters. The molecule has 1 saturated heterocycles. The summed E-state index contributed by atoms with van der Waals surface area (Å²) < 4.78 is 10.6. The summed E-state index contributed by atoms with van der Waals surface area (Å²) in [5.74, 6) is 0.941. The number of likely N-dealkylation sites (N-methyl/N-ethyl adjacent to an activating group) is 1. The average Bonchev–Trinajstić information content (AvgIpc) is 3.00. The lowest BCUT2D eigenvalue weighted by Crippen LogP contribution is -2.40. The van der Waals surface area contributed by atoms with Crippen molar-refractivity contribution in [2.75, 3.05) is 32.7 Å². The van der Waals surface area contributed by atoms with Gasteiger partial charge in [-0.3, -0.25) is 14.5 Å². The van der Waals surface area contributed by atoms with Gasteiger partial charge in [-0.05, 0) is 55.4 Å². The number of benzene rings is 2. The van der Waals surface area contributed by atoms with E-state index in [2.05, 4.69) is 0 Å². The van der Waals surface area contributed by atoms with E-state index < -0.39 is 6.04 Å². The molecule has 3 rings (SSSR count). The Hall–Kier alpha value is -2.57. The molecule has 0 saturated carbocycles. The summed E-state index contributed by atoms with van der Waals surface area (Å²) >= 11 is 5.90. The number of halogens is 1. The van der Waals surface area contributed by atoms with Crippen molar-refractivity contribution in [1.82, 2.24) is 4.90 Å². The third kappa shape index (κ3) is 4.13. The second-order valence-corrected chi connectivity index (χ2v) is 7.12. The molecule has 2 aromatic carbocycles. The van der Waals surface area contributed by atoms with Gasteiger partial charge in [0, 0.05) is 11.6 Å². The van der Waals surface area contributed by atoms with Crippen molar-refractivity contribution in [3.05, 3.63) is 53.1 Å². The van der Waals surface area contributed by atoms with Gasteiger partial charge in [0.2, 0.25) is 5.91 Å². The highest BCUT2D eigenvalue weighted by molar-refractivity contribution is 6.30. The molecule has 6 nitrogen and oxygen atoms in total. The Morgan fingerprint density at radius 1 is 1.07 bits per heavy atom. The summed E-state index contributed by atoms with van der Waals surface area (Å²) in [4.78, 5) is 28.4. The van der Waals surface area contributed by atoms with E-state index in [4.69, 9.17) is 21.1 Å². The molecular weight excluding hydrogens is 380 g/mol. The van der Waals surface area contributed by atoms with Crippen molar-refractivity contribution in [3.8, 4) is 11.5 Å². The smallest absolute Gasteiger partial charge is 0.251 e. The maximum absolute atomic E-state index is 12.8. The van der Waals surface area contributed by atoms with E-state index in [-0.39, 0.29) is 18.2 Å². The zero-order valence-corrected chi connectivity index (χ0v) is 16.9. The van der Waals surface area contributed by atoms with Crippen LogP contribution in [0.5, 0.6) is 11.5 Å². The minimum atomic E-state index is -0.469. The number of imide groups is 1. The van der Waals surface area contributed by atoms with Gasteiger partial charge in [-0.1, -0.05) is 17.7 Å². The summed E-state index contributed by atoms with van der Waals surface area (Å²) in [5.41, 5.74) is 1.62. The predicted octanol–water partition coefficient (Wildman–Crippen LogP) is 3.16. The Morgan fingerprint density at radius 3 is 2.39 bits per heavy atom. The highest BCUT2D eigenvalue weighted by Crippen LogP contribution is 2.29. The summed E-state index contributed by atoms with van der Waals surface area (Å²) in [6, 6.07) is 12.0. The first-order valence-corrected chi connectivity index (χ1v) is 9.36. The lowest BCUT2D eigenvalue weighted by atomic mass is 10.1. The molecule has 1 atom stereocenters. The molecule has 1 fully saturated rings. The molecule has 0 aromatic heterocycles. The molecule has 0 radical (unpaired) electrons. The molecule has 0 aliphatic carbocycles. The van der Waals surface area contributed by atoms with Gasteiger partial charge in [0.05, 0.1) is 32.4 Å². The van der Waals surface area contributed by atoms with Gasteiger partial charge in [-0.2, -0.15) is 0 Å². The fraction of sp³-hybridized carbons (Fsp3) is 0.333. The quantitative estimate of drug-likeness (QED) is 0.666. The molecule has 0 bridgehead atoms. The van der Waals surface area contributed by atoms with Gasteiger partial charge in [0.1, 0.15) is 0 Å². The zero-order chi connectivity index (χ0) is 20.3. The van der Waals surface area contributed by atoms with E-state index in [1.54, 1.807) is 38.5 Å². The van der Waals surface area contributed by atoms with Crippen molar-refractivity contribution >= 4 is 29.1 Å². The molecule has 28 heavy (non-hydrogen) atoms. The van der Waals surface area contributed by atoms with Crippen LogP contribution in [0, 0.1) is 0 Å². The third-order valence-corrected chi connectivity index (χ3v) is 5.19. The van der Waals surface area contributed by atoms with Crippen LogP contribution in [0.25, 0.3) is 0 Å². The minimum Gasteiger partial charge on any atom is -0.493 e. The van der Waals surface area contributed by atoms with Crippen LogP contribution in [0.2, 0.25) is 5.02 Å². The van der Waals surface area contributed by atoms with Crippen LogP contribution < -0.4 is 14.4 Å². The van der Waals surface area contributed by atoms with Crippen LogP contribution in [0.1, 0.15) is 12.0 Å². The topological polar surface area (TPSA) is 59.1 Å². The van der Waals surface area contributed by atoms with E-state index in [1.165, 1.54) is 4.90 Å². The van der Waals surface area contributed by atoms with E-state index in [0.29, 0.717) is 28.8 Å². The van der Waals surface area contributed by atoms with Gasteiger partial charge in [-0.25, -0.2) is 4.90 Å². The van der Waals surface area contributed by atoms with Crippen molar-refractivity contribution < 1.29 is 19.1 Å². The minimum absolute atomic E-state index is 0.171. The number of anilines is 1. The summed E-state index contributed by atoms with van der Waals surface area (Å²) in [6.45, 7) is 0.633. The third-order valence-electron chi connectivity index (χ3n) is 4.94. The monoisotopic (exact) mass is 402 g/mol. The highest BCUT2D eigenvalue weighted by atomic mass is 35.5. The van der Waals surface area contributed by atoms with Crippen molar-refractivity contribution in [3.63, 3.8) is 0 Å². The molecule has 7 heteroatoms. The van der Waals surface area contributed by atoms with Gasteiger partial charge >= 0.3 is 0 Å². The normalized spacial score (nSPS) is 16.8. The SMILES string of the molecule is COc1ccc(CCN(C)[C@@H]2CC(=O)N(c3ccc(Cl)cc3)C2=O)cc1OC. The zero-order valence-electron chi connectivity index (χ0n) is 16.1. The van der Waals surface area contributed by atoms with E-state index in [9.17, 15) is 9.59 Å². The summed E-state index contributed by atoms with van der Waals surface area (Å²) in [6.07, 6.45) is 0.889. The Kier molecular flexibility index (Phi) is 6.21. The Balaban J connectivity index is 1.66. The highest BCUT2D eigenvalue weighted by Gasteiger charge is 2.41.